The summed E-state index contributed by atoms with van der Waals surface area (Å²) in [6.45, 7) is 4.33. The summed E-state index contributed by atoms with van der Waals surface area (Å²) in [7, 11) is 2.75. The van der Waals surface area contributed by atoms with Crippen LogP contribution in [0.25, 0.3) is 11.1 Å². The van der Waals surface area contributed by atoms with Gasteiger partial charge in [0.1, 0.15) is 0 Å². The Bertz CT molecular complexity index is 466. The zero-order valence-electron chi connectivity index (χ0n) is 9.12. The Morgan fingerprint density at radius 2 is 1.47 bits per heavy atom. The van der Waals surface area contributed by atoms with Gasteiger partial charge in [-0.05, 0) is 47.5 Å². The molecule has 0 aromatic heterocycles. The highest BCUT2D eigenvalue weighted by molar-refractivity contribution is 7.27. The van der Waals surface area contributed by atoms with Gasteiger partial charge in [0.25, 0.3) is 0 Å². The predicted octanol–water partition coefficient (Wildman–Crippen LogP) is 3.47. The lowest BCUT2D eigenvalue weighted by molar-refractivity contribution is 1.38. The molecule has 0 aliphatic carbocycles. The van der Waals surface area contributed by atoms with Crippen molar-refractivity contribution in [3.05, 3.63) is 53.6 Å². The molecule has 2 aromatic carbocycles. The molecule has 0 N–H and O–H groups in total. The fraction of sp³-hybridized carbons (Fsp3) is 0.143. The molecule has 1 atom stereocenters. The van der Waals surface area contributed by atoms with E-state index in [-0.39, 0.29) is 0 Å². The summed E-state index contributed by atoms with van der Waals surface area (Å²) in [4.78, 5) is 0. The van der Waals surface area contributed by atoms with Gasteiger partial charge in [-0.15, -0.1) is 9.24 Å². The van der Waals surface area contributed by atoms with Gasteiger partial charge < -0.3 is 0 Å². The van der Waals surface area contributed by atoms with Crippen LogP contribution in [0.1, 0.15) is 11.1 Å². The van der Waals surface area contributed by atoms with Crippen LogP contribution in [0.5, 0.6) is 0 Å². The van der Waals surface area contributed by atoms with Crippen molar-refractivity contribution >= 4 is 14.5 Å². The van der Waals surface area contributed by atoms with Crippen molar-refractivity contribution in [1.82, 2.24) is 0 Å². The highest BCUT2D eigenvalue weighted by Gasteiger charge is 2.04. The van der Waals surface area contributed by atoms with Crippen LogP contribution in [-0.2, 0) is 0 Å². The number of hydrogen-bond donors (Lipinski definition) is 0. The van der Waals surface area contributed by atoms with Gasteiger partial charge in [0.15, 0.2) is 0 Å². The molecule has 0 fully saturated rings. The Hall–Kier alpha value is -1.13. The van der Waals surface area contributed by atoms with E-state index in [0.717, 1.165) is 0 Å². The summed E-state index contributed by atoms with van der Waals surface area (Å²) in [6.07, 6.45) is 0. The van der Waals surface area contributed by atoms with Crippen molar-refractivity contribution in [1.29, 1.82) is 0 Å². The number of benzene rings is 2. The molecule has 0 aliphatic rings. The van der Waals surface area contributed by atoms with Gasteiger partial charge in [0.05, 0.1) is 0 Å². The van der Waals surface area contributed by atoms with E-state index in [1.165, 1.54) is 27.6 Å². The number of hydrogen-bond acceptors (Lipinski definition) is 0. The summed E-state index contributed by atoms with van der Waals surface area (Å²) in [6, 6.07) is 15.0. The molecule has 0 heterocycles. The van der Waals surface area contributed by atoms with E-state index in [1.807, 2.05) is 0 Å². The Balaban J connectivity index is 2.63. The van der Waals surface area contributed by atoms with Gasteiger partial charge in [-0.25, -0.2) is 0 Å². The molecular weight excluding hydrogens is 199 g/mol. The highest BCUT2D eigenvalue weighted by atomic mass is 31.0. The normalized spacial score (nSPS) is 10.3. The molecule has 0 radical (unpaired) electrons. The zero-order chi connectivity index (χ0) is 10.8. The van der Waals surface area contributed by atoms with E-state index < -0.39 is 0 Å². The summed E-state index contributed by atoms with van der Waals surface area (Å²) in [5, 5.41) is 1.23. The van der Waals surface area contributed by atoms with Gasteiger partial charge in [-0.2, -0.15) is 0 Å². The molecule has 0 bridgehead atoms. The van der Waals surface area contributed by atoms with Crippen LogP contribution in [-0.4, -0.2) is 0 Å². The first-order valence-electron chi connectivity index (χ1n) is 5.10. The molecule has 0 saturated heterocycles. The second-order valence-electron chi connectivity index (χ2n) is 3.89. The minimum absolute atomic E-state index is 1.23. The van der Waals surface area contributed by atoms with Crippen molar-refractivity contribution in [2.45, 2.75) is 13.8 Å². The third kappa shape index (κ3) is 2.11. The highest BCUT2D eigenvalue weighted by Crippen LogP contribution is 2.26. The van der Waals surface area contributed by atoms with E-state index in [1.54, 1.807) is 0 Å². The molecule has 0 spiro atoms. The molecule has 0 saturated carbocycles. The third-order valence-corrected chi connectivity index (χ3v) is 3.02. The molecular formula is C14H15P. The Morgan fingerprint density at radius 3 is 2.07 bits per heavy atom. The summed E-state index contributed by atoms with van der Waals surface area (Å²) in [5.74, 6) is 0. The second-order valence-corrected chi connectivity index (χ2v) is 4.56. The summed E-state index contributed by atoms with van der Waals surface area (Å²) >= 11 is 0. The Morgan fingerprint density at radius 1 is 0.867 bits per heavy atom. The van der Waals surface area contributed by atoms with Crippen LogP contribution in [0.2, 0.25) is 0 Å². The van der Waals surface area contributed by atoms with E-state index in [9.17, 15) is 0 Å². The molecule has 1 heteroatoms. The second kappa shape index (κ2) is 4.16. The summed E-state index contributed by atoms with van der Waals surface area (Å²) in [5.41, 5.74) is 5.34. The number of aryl methyl sites for hydroxylation is 2. The van der Waals surface area contributed by atoms with Crippen molar-refractivity contribution in [3.63, 3.8) is 0 Å². The third-order valence-electron chi connectivity index (χ3n) is 2.66. The molecule has 0 nitrogen and oxygen atoms in total. The first-order chi connectivity index (χ1) is 7.18. The maximum Gasteiger partial charge on any atom is -0.0125 e. The standard InChI is InChI=1S/C14H15P/c1-10-5-3-6-11(2)14(10)12-7-4-8-13(15)9-12/h3-9H,15H2,1-2H3. The van der Waals surface area contributed by atoms with Gasteiger partial charge in [0, 0.05) is 0 Å². The maximum absolute atomic E-state index is 2.75. The maximum atomic E-state index is 2.75. The van der Waals surface area contributed by atoms with Crippen molar-refractivity contribution in [2.24, 2.45) is 0 Å². The van der Waals surface area contributed by atoms with Gasteiger partial charge in [0.2, 0.25) is 0 Å². The molecule has 15 heavy (non-hydrogen) atoms. The van der Waals surface area contributed by atoms with Crippen molar-refractivity contribution in [2.75, 3.05) is 0 Å². The van der Waals surface area contributed by atoms with Gasteiger partial charge in [-0.1, -0.05) is 36.4 Å². The smallest absolute Gasteiger partial charge is 0.0125 e. The Labute approximate surface area is 93.5 Å². The Kier molecular flexibility index (Phi) is 2.88. The number of rotatable bonds is 1. The van der Waals surface area contributed by atoms with Crippen LogP contribution >= 0.6 is 9.24 Å². The van der Waals surface area contributed by atoms with E-state index in [0.29, 0.717) is 0 Å². The molecule has 76 valence electrons. The quantitative estimate of drug-likeness (QED) is 0.638. The molecule has 0 aliphatic heterocycles. The van der Waals surface area contributed by atoms with E-state index in [2.05, 4.69) is 65.6 Å². The predicted molar refractivity (Wildman–Crippen MR) is 70.7 cm³/mol. The average Bonchev–Trinajstić information content (AvgIpc) is 2.17. The van der Waals surface area contributed by atoms with Crippen molar-refractivity contribution in [3.8, 4) is 11.1 Å². The first kappa shape index (κ1) is 10.4. The topological polar surface area (TPSA) is 0 Å². The van der Waals surface area contributed by atoms with Gasteiger partial charge in [-0.3, -0.25) is 0 Å². The van der Waals surface area contributed by atoms with Crippen LogP contribution in [0.15, 0.2) is 42.5 Å². The van der Waals surface area contributed by atoms with E-state index in [4.69, 9.17) is 0 Å². The van der Waals surface area contributed by atoms with Crippen LogP contribution in [0.4, 0.5) is 0 Å². The SMILES string of the molecule is Cc1cccc(C)c1-c1cccc(P)c1. The van der Waals surface area contributed by atoms with Crippen LogP contribution in [0.3, 0.4) is 0 Å². The molecule has 1 unspecified atom stereocenters. The molecule has 2 aromatic rings. The minimum atomic E-state index is 1.23. The lowest BCUT2D eigenvalue weighted by Gasteiger charge is -2.10. The zero-order valence-corrected chi connectivity index (χ0v) is 10.3. The first-order valence-corrected chi connectivity index (χ1v) is 5.68. The average molecular weight is 214 g/mol. The van der Waals surface area contributed by atoms with Crippen LogP contribution in [0, 0.1) is 13.8 Å². The van der Waals surface area contributed by atoms with Crippen molar-refractivity contribution < 1.29 is 0 Å². The fourth-order valence-electron chi connectivity index (χ4n) is 1.96. The molecule has 2 rings (SSSR count). The lowest BCUT2D eigenvalue weighted by Crippen LogP contribution is -1.93. The van der Waals surface area contributed by atoms with Crippen LogP contribution < -0.4 is 5.30 Å². The summed E-state index contributed by atoms with van der Waals surface area (Å²) < 4.78 is 0. The fourth-order valence-corrected chi connectivity index (χ4v) is 2.25. The van der Waals surface area contributed by atoms with E-state index >= 15 is 0 Å². The van der Waals surface area contributed by atoms with Gasteiger partial charge >= 0.3 is 0 Å². The largest absolute Gasteiger partial charge is 0.106 e. The lowest BCUT2D eigenvalue weighted by atomic mass is 9.96. The molecule has 0 amide bonds. The minimum Gasteiger partial charge on any atom is -0.106 e. The monoisotopic (exact) mass is 214 g/mol.